The van der Waals surface area contributed by atoms with Gasteiger partial charge in [-0.05, 0) is 42.8 Å². The number of pyridine rings is 1. The summed E-state index contributed by atoms with van der Waals surface area (Å²) in [6.45, 7) is 1.79. The maximum Gasteiger partial charge on any atom is 0.341 e. The van der Waals surface area contributed by atoms with Gasteiger partial charge in [-0.2, -0.15) is 0 Å². The second kappa shape index (κ2) is 7.90. The SMILES string of the molecule is CCCc1cc(-c2nc(-c3ccc(OCC(=O)O)cc3)cs2)ccn1. The van der Waals surface area contributed by atoms with Crippen molar-refractivity contribution in [3.8, 4) is 27.6 Å². The first-order valence-corrected chi connectivity index (χ1v) is 8.89. The van der Waals surface area contributed by atoms with Gasteiger partial charge in [-0.25, -0.2) is 9.78 Å². The fourth-order valence-corrected chi connectivity index (χ4v) is 3.24. The maximum absolute atomic E-state index is 10.5. The van der Waals surface area contributed by atoms with Crippen molar-refractivity contribution in [1.82, 2.24) is 9.97 Å². The fourth-order valence-electron chi connectivity index (χ4n) is 2.41. The third-order valence-electron chi connectivity index (χ3n) is 3.59. The number of rotatable bonds is 7. The standard InChI is InChI=1S/C19H18N2O3S/c1-2-3-15-10-14(8-9-20-15)19-21-17(12-25-19)13-4-6-16(7-5-13)24-11-18(22)23/h4-10,12H,2-3,11H2,1H3,(H,22,23). The zero-order valence-corrected chi connectivity index (χ0v) is 14.6. The minimum absolute atomic E-state index is 0.345. The zero-order valence-electron chi connectivity index (χ0n) is 13.8. The van der Waals surface area contributed by atoms with Gasteiger partial charge in [0.05, 0.1) is 5.69 Å². The van der Waals surface area contributed by atoms with Crippen molar-refractivity contribution in [3.05, 3.63) is 53.7 Å². The van der Waals surface area contributed by atoms with E-state index in [1.807, 2.05) is 29.8 Å². The number of carboxylic acids is 1. The van der Waals surface area contributed by atoms with Gasteiger partial charge in [-0.15, -0.1) is 11.3 Å². The molecular weight excluding hydrogens is 336 g/mol. The Labute approximate surface area is 150 Å². The van der Waals surface area contributed by atoms with E-state index in [1.54, 1.807) is 23.5 Å². The molecule has 0 radical (unpaired) electrons. The van der Waals surface area contributed by atoms with Gasteiger partial charge >= 0.3 is 5.97 Å². The number of aromatic nitrogens is 2. The molecule has 0 saturated carbocycles. The topological polar surface area (TPSA) is 72.3 Å². The normalized spacial score (nSPS) is 10.6. The number of benzene rings is 1. The van der Waals surface area contributed by atoms with E-state index in [-0.39, 0.29) is 6.61 Å². The highest BCUT2D eigenvalue weighted by molar-refractivity contribution is 7.13. The second-order valence-corrected chi connectivity index (χ2v) is 6.39. The molecule has 0 saturated heterocycles. The molecule has 25 heavy (non-hydrogen) atoms. The lowest BCUT2D eigenvalue weighted by atomic mass is 10.1. The number of thiazole rings is 1. The minimum atomic E-state index is -0.993. The van der Waals surface area contributed by atoms with E-state index < -0.39 is 5.97 Å². The number of nitrogens with zero attached hydrogens (tertiary/aromatic N) is 2. The maximum atomic E-state index is 10.5. The Bertz CT molecular complexity index is 859. The molecule has 1 aromatic carbocycles. The van der Waals surface area contributed by atoms with Crippen molar-refractivity contribution in [3.63, 3.8) is 0 Å². The monoisotopic (exact) mass is 354 g/mol. The van der Waals surface area contributed by atoms with Gasteiger partial charge in [0.2, 0.25) is 0 Å². The molecule has 1 N–H and O–H groups in total. The Morgan fingerprint density at radius 1 is 1.20 bits per heavy atom. The van der Waals surface area contributed by atoms with Crippen LogP contribution in [0.3, 0.4) is 0 Å². The average molecular weight is 354 g/mol. The molecule has 0 aliphatic heterocycles. The molecule has 3 rings (SSSR count). The van der Waals surface area contributed by atoms with Crippen LogP contribution >= 0.6 is 11.3 Å². The molecule has 2 heterocycles. The Morgan fingerprint density at radius 2 is 2.00 bits per heavy atom. The molecule has 5 nitrogen and oxygen atoms in total. The predicted molar refractivity (Wildman–Crippen MR) is 97.9 cm³/mol. The van der Waals surface area contributed by atoms with Crippen LogP contribution in [0, 0.1) is 0 Å². The highest BCUT2D eigenvalue weighted by atomic mass is 32.1. The number of aryl methyl sites for hydroxylation is 1. The lowest BCUT2D eigenvalue weighted by Crippen LogP contribution is -2.09. The molecule has 0 aliphatic carbocycles. The van der Waals surface area contributed by atoms with Crippen LogP contribution in [0.5, 0.6) is 5.75 Å². The quantitative estimate of drug-likeness (QED) is 0.685. The summed E-state index contributed by atoms with van der Waals surface area (Å²) in [6.07, 6.45) is 3.86. The highest BCUT2D eigenvalue weighted by Gasteiger charge is 2.08. The van der Waals surface area contributed by atoms with Crippen LogP contribution in [0.15, 0.2) is 48.0 Å². The van der Waals surface area contributed by atoms with Crippen molar-refractivity contribution in [2.75, 3.05) is 6.61 Å². The van der Waals surface area contributed by atoms with E-state index in [2.05, 4.69) is 18.0 Å². The summed E-state index contributed by atoms with van der Waals surface area (Å²) < 4.78 is 5.14. The number of aliphatic carboxylic acids is 1. The Morgan fingerprint density at radius 3 is 2.72 bits per heavy atom. The first kappa shape index (κ1) is 17.1. The van der Waals surface area contributed by atoms with E-state index in [1.165, 1.54) is 0 Å². The van der Waals surface area contributed by atoms with Crippen molar-refractivity contribution in [2.24, 2.45) is 0 Å². The summed E-state index contributed by atoms with van der Waals surface area (Å²) in [7, 11) is 0. The highest BCUT2D eigenvalue weighted by Crippen LogP contribution is 2.30. The van der Waals surface area contributed by atoms with Gasteiger partial charge in [0.25, 0.3) is 0 Å². The van der Waals surface area contributed by atoms with Crippen molar-refractivity contribution < 1.29 is 14.6 Å². The molecule has 2 aromatic heterocycles. The number of hydrogen-bond donors (Lipinski definition) is 1. The van der Waals surface area contributed by atoms with E-state index in [0.29, 0.717) is 5.75 Å². The van der Waals surface area contributed by atoms with Gasteiger partial charge in [0.1, 0.15) is 10.8 Å². The molecule has 128 valence electrons. The van der Waals surface area contributed by atoms with Gasteiger partial charge in [-0.1, -0.05) is 13.3 Å². The summed E-state index contributed by atoms with van der Waals surface area (Å²) in [5, 5.41) is 11.6. The van der Waals surface area contributed by atoms with Crippen LogP contribution in [0.25, 0.3) is 21.8 Å². The average Bonchev–Trinajstić information content (AvgIpc) is 3.11. The lowest BCUT2D eigenvalue weighted by molar-refractivity contribution is -0.139. The smallest absolute Gasteiger partial charge is 0.341 e. The van der Waals surface area contributed by atoms with Crippen molar-refractivity contribution in [1.29, 1.82) is 0 Å². The molecule has 0 atom stereocenters. The summed E-state index contributed by atoms with van der Waals surface area (Å²) >= 11 is 1.59. The zero-order chi connectivity index (χ0) is 17.6. The number of carboxylic acid groups (broad SMARTS) is 1. The molecule has 3 aromatic rings. The summed E-state index contributed by atoms with van der Waals surface area (Å²) in [5.74, 6) is -0.465. The molecule has 0 fully saturated rings. The first-order chi connectivity index (χ1) is 12.2. The van der Waals surface area contributed by atoms with E-state index in [4.69, 9.17) is 14.8 Å². The molecular formula is C19H18N2O3S. The Kier molecular flexibility index (Phi) is 5.40. The van der Waals surface area contributed by atoms with E-state index in [0.717, 1.165) is 40.4 Å². The number of hydrogen-bond acceptors (Lipinski definition) is 5. The van der Waals surface area contributed by atoms with Gasteiger partial charge in [0, 0.05) is 28.4 Å². The summed E-state index contributed by atoms with van der Waals surface area (Å²) in [4.78, 5) is 19.6. The van der Waals surface area contributed by atoms with Crippen LogP contribution in [0.4, 0.5) is 0 Å². The molecule has 0 unspecified atom stereocenters. The van der Waals surface area contributed by atoms with E-state index >= 15 is 0 Å². The van der Waals surface area contributed by atoms with Crippen LogP contribution in [0.1, 0.15) is 19.0 Å². The summed E-state index contributed by atoms with van der Waals surface area (Å²) in [6, 6.07) is 11.3. The predicted octanol–water partition coefficient (Wildman–Crippen LogP) is 4.29. The third kappa shape index (κ3) is 4.42. The van der Waals surface area contributed by atoms with Gasteiger partial charge in [-0.3, -0.25) is 4.98 Å². The largest absolute Gasteiger partial charge is 0.482 e. The van der Waals surface area contributed by atoms with Gasteiger partial charge in [0.15, 0.2) is 6.61 Å². The molecule has 6 heteroatoms. The minimum Gasteiger partial charge on any atom is -0.482 e. The third-order valence-corrected chi connectivity index (χ3v) is 4.48. The van der Waals surface area contributed by atoms with Crippen LogP contribution < -0.4 is 4.74 Å². The Balaban J connectivity index is 1.77. The first-order valence-electron chi connectivity index (χ1n) is 8.01. The van der Waals surface area contributed by atoms with Crippen molar-refractivity contribution >= 4 is 17.3 Å². The lowest BCUT2D eigenvalue weighted by Gasteiger charge is -2.03. The Hall–Kier alpha value is -2.73. The molecule has 0 bridgehead atoms. The summed E-state index contributed by atoms with van der Waals surface area (Å²) in [5.41, 5.74) is 4.01. The van der Waals surface area contributed by atoms with Crippen LogP contribution in [-0.4, -0.2) is 27.7 Å². The van der Waals surface area contributed by atoms with Crippen molar-refractivity contribution in [2.45, 2.75) is 19.8 Å². The van der Waals surface area contributed by atoms with Crippen LogP contribution in [0.2, 0.25) is 0 Å². The van der Waals surface area contributed by atoms with Gasteiger partial charge < -0.3 is 9.84 Å². The fraction of sp³-hybridized carbons (Fsp3) is 0.211. The van der Waals surface area contributed by atoms with E-state index in [9.17, 15) is 4.79 Å². The molecule has 0 amide bonds. The molecule has 0 aliphatic rings. The second-order valence-electron chi connectivity index (χ2n) is 5.53. The molecule has 0 spiro atoms. The number of carbonyl (C=O) groups is 1. The van der Waals surface area contributed by atoms with Crippen LogP contribution in [-0.2, 0) is 11.2 Å². The number of ether oxygens (including phenoxy) is 1.